The number of hydrogen-bond donors (Lipinski definition) is 1. The normalized spacial score (nSPS) is 10.2. The number of halogens is 2. The second-order valence-corrected chi connectivity index (χ2v) is 3.57. The molecule has 104 valence electrons. The van der Waals surface area contributed by atoms with Gasteiger partial charge in [-0.2, -0.15) is 4.98 Å². The first-order valence-electron chi connectivity index (χ1n) is 5.33. The zero-order chi connectivity index (χ0) is 14.7. The predicted molar refractivity (Wildman–Crippen MR) is 64.7 cm³/mol. The van der Waals surface area contributed by atoms with Crippen LogP contribution < -0.4 is 10.1 Å². The molecule has 0 saturated heterocycles. The molecule has 2 rings (SSSR count). The van der Waals surface area contributed by atoms with E-state index in [0.717, 1.165) is 18.3 Å². The van der Waals surface area contributed by atoms with Crippen molar-refractivity contribution in [2.45, 2.75) is 0 Å². The monoisotopic (exact) mass is 282 g/mol. The summed E-state index contributed by atoms with van der Waals surface area (Å²) in [6.07, 6.45) is 0.926. The molecule has 0 aliphatic heterocycles. The smallest absolute Gasteiger partial charge is 0.349 e. The highest BCUT2D eigenvalue weighted by Crippen LogP contribution is 2.30. The highest BCUT2D eigenvalue weighted by molar-refractivity contribution is 5.45. The highest BCUT2D eigenvalue weighted by Gasteiger charge is 2.20. The van der Waals surface area contributed by atoms with Crippen molar-refractivity contribution in [1.29, 1.82) is 0 Å². The van der Waals surface area contributed by atoms with Crippen LogP contribution in [0.1, 0.15) is 0 Å². The van der Waals surface area contributed by atoms with Gasteiger partial charge in [0.2, 0.25) is 5.95 Å². The largest absolute Gasteiger partial charge is 0.430 e. The molecule has 1 aromatic carbocycles. The number of ether oxygens (including phenoxy) is 1. The minimum Gasteiger partial charge on any atom is -0.430 e. The highest BCUT2D eigenvalue weighted by atomic mass is 19.1. The molecular formula is C11H8F2N4O3. The molecular weight excluding hydrogens is 274 g/mol. The van der Waals surface area contributed by atoms with Crippen LogP contribution in [0, 0.1) is 21.7 Å². The van der Waals surface area contributed by atoms with Crippen molar-refractivity contribution in [1.82, 2.24) is 9.97 Å². The standard InChI is InChI=1S/C11H8F2N4O3/c1-14-11-15-5-8(17(18)19)10(16-11)20-9-3-2-6(12)4-7(9)13/h2-5H,1H3,(H,14,15,16). The van der Waals surface area contributed by atoms with Crippen LogP contribution in [0.2, 0.25) is 0 Å². The van der Waals surface area contributed by atoms with Gasteiger partial charge in [-0.25, -0.2) is 13.8 Å². The SMILES string of the molecule is CNc1ncc([N+](=O)[O-])c(Oc2ccc(F)cc2F)n1. The average Bonchev–Trinajstić information content (AvgIpc) is 2.41. The minimum atomic E-state index is -0.996. The third-order valence-electron chi connectivity index (χ3n) is 2.26. The number of nitro groups is 1. The van der Waals surface area contributed by atoms with Crippen LogP contribution in [-0.2, 0) is 0 Å². The Morgan fingerprint density at radius 1 is 1.40 bits per heavy atom. The fourth-order valence-corrected chi connectivity index (χ4v) is 1.34. The van der Waals surface area contributed by atoms with E-state index in [9.17, 15) is 18.9 Å². The number of benzene rings is 1. The van der Waals surface area contributed by atoms with Crippen LogP contribution in [-0.4, -0.2) is 21.9 Å². The van der Waals surface area contributed by atoms with Crippen LogP contribution in [0.25, 0.3) is 0 Å². The second kappa shape index (κ2) is 5.43. The molecule has 0 bridgehead atoms. The Kier molecular flexibility index (Phi) is 3.69. The Bertz CT molecular complexity index is 666. The van der Waals surface area contributed by atoms with Gasteiger partial charge in [0.05, 0.1) is 4.92 Å². The fraction of sp³-hybridized carbons (Fsp3) is 0.0909. The molecule has 0 fully saturated rings. The van der Waals surface area contributed by atoms with Crippen LogP contribution in [0.3, 0.4) is 0 Å². The van der Waals surface area contributed by atoms with E-state index in [1.54, 1.807) is 0 Å². The molecule has 1 N–H and O–H groups in total. The summed E-state index contributed by atoms with van der Waals surface area (Å²) in [7, 11) is 1.50. The minimum absolute atomic E-state index is 0.0631. The van der Waals surface area contributed by atoms with Gasteiger partial charge < -0.3 is 10.1 Å². The Morgan fingerprint density at radius 2 is 2.15 bits per heavy atom. The number of nitrogens with zero attached hydrogens (tertiary/aromatic N) is 3. The van der Waals surface area contributed by atoms with Gasteiger partial charge in [0.1, 0.15) is 12.0 Å². The second-order valence-electron chi connectivity index (χ2n) is 3.57. The van der Waals surface area contributed by atoms with Crippen LogP contribution in [0.5, 0.6) is 11.6 Å². The lowest BCUT2D eigenvalue weighted by Gasteiger charge is -2.07. The topological polar surface area (TPSA) is 90.2 Å². The molecule has 0 unspecified atom stereocenters. The summed E-state index contributed by atoms with van der Waals surface area (Å²) in [5.74, 6) is -2.55. The van der Waals surface area contributed by atoms with E-state index in [0.29, 0.717) is 6.07 Å². The maximum absolute atomic E-state index is 13.5. The Balaban J connectivity index is 2.43. The molecule has 0 amide bonds. The number of aromatic nitrogens is 2. The fourth-order valence-electron chi connectivity index (χ4n) is 1.34. The van der Waals surface area contributed by atoms with Crippen molar-refractivity contribution in [2.24, 2.45) is 0 Å². The first kappa shape index (κ1) is 13.6. The number of anilines is 1. The summed E-state index contributed by atoms with van der Waals surface area (Å²) < 4.78 is 31.3. The maximum atomic E-state index is 13.5. The van der Waals surface area contributed by atoms with Crippen molar-refractivity contribution in [2.75, 3.05) is 12.4 Å². The van der Waals surface area contributed by atoms with Crippen molar-refractivity contribution in [3.8, 4) is 11.6 Å². The molecule has 1 heterocycles. The molecule has 2 aromatic rings. The predicted octanol–water partition coefficient (Wildman–Crippen LogP) is 2.50. The summed E-state index contributed by atoms with van der Waals surface area (Å²) in [4.78, 5) is 17.4. The molecule has 20 heavy (non-hydrogen) atoms. The molecule has 1 aromatic heterocycles. The quantitative estimate of drug-likeness (QED) is 0.684. The van der Waals surface area contributed by atoms with Crippen molar-refractivity contribution >= 4 is 11.6 Å². The van der Waals surface area contributed by atoms with Gasteiger partial charge in [-0.05, 0) is 12.1 Å². The molecule has 9 heteroatoms. The van der Waals surface area contributed by atoms with Gasteiger partial charge in [0.15, 0.2) is 11.6 Å². The van der Waals surface area contributed by atoms with E-state index < -0.39 is 28.1 Å². The summed E-state index contributed by atoms with van der Waals surface area (Å²) >= 11 is 0. The molecule has 0 aliphatic rings. The third-order valence-corrected chi connectivity index (χ3v) is 2.26. The van der Waals surface area contributed by atoms with Gasteiger partial charge in [-0.15, -0.1) is 0 Å². The molecule has 7 nitrogen and oxygen atoms in total. The van der Waals surface area contributed by atoms with Crippen LogP contribution in [0.4, 0.5) is 20.4 Å². The summed E-state index contributed by atoms with van der Waals surface area (Å²) in [5.41, 5.74) is -0.535. The zero-order valence-electron chi connectivity index (χ0n) is 10.1. The van der Waals surface area contributed by atoms with E-state index in [4.69, 9.17) is 4.74 Å². The lowest BCUT2D eigenvalue weighted by Crippen LogP contribution is -2.02. The molecule has 0 atom stereocenters. The Morgan fingerprint density at radius 3 is 2.75 bits per heavy atom. The third kappa shape index (κ3) is 2.76. The van der Waals surface area contributed by atoms with Gasteiger partial charge in [0.25, 0.3) is 0 Å². The number of nitrogens with one attached hydrogen (secondary N) is 1. The zero-order valence-corrected chi connectivity index (χ0v) is 10.1. The van der Waals surface area contributed by atoms with Gasteiger partial charge in [-0.3, -0.25) is 10.1 Å². The summed E-state index contributed by atoms with van der Waals surface area (Å²) in [6, 6.07) is 2.57. The van der Waals surface area contributed by atoms with Crippen molar-refractivity contribution < 1.29 is 18.4 Å². The Labute approximate surface area is 111 Å². The number of rotatable bonds is 4. The first-order chi connectivity index (χ1) is 9.51. The molecule has 0 saturated carbocycles. The molecule has 0 spiro atoms. The average molecular weight is 282 g/mol. The first-order valence-corrected chi connectivity index (χ1v) is 5.33. The molecule has 0 radical (unpaired) electrons. The van der Waals surface area contributed by atoms with E-state index in [1.807, 2.05) is 0 Å². The summed E-state index contributed by atoms with van der Waals surface area (Å²) in [6.45, 7) is 0. The Hall–Kier alpha value is -2.84. The van der Waals surface area contributed by atoms with Crippen molar-refractivity contribution in [3.63, 3.8) is 0 Å². The van der Waals surface area contributed by atoms with E-state index in [2.05, 4.69) is 15.3 Å². The lowest BCUT2D eigenvalue weighted by atomic mass is 10.3. The van der Waals surface area contributed by atoms with Gasteiger partial charge in [0, 0.05) is 13.1 Å². The maximum Gasteiger partial charge on any atom is 0.349 e. The lowest BCUT2D eigenvalue weighted by molar-refractivity contribution is -0.386. The van der Waals surface area contributed by atoms with Crippen molar-refractivity contribution in [3.05, 3.63) is 46.1 Å². The number of hydrogen-bond acceptors (Lipinski definition) is 6. The van der Waals surface area contributed by atoms with E-state index in [1.165, 1.54) is 7.05 Å². The summed E-state index contributed by atoms with van der Waals surface area (Å²) in [5, 5.41) is 13.4. The van der Waals surface area contributed by atoms with Crippen LogP contribution in [0.15, 0.2) is 24.4 Å². The van der Waals surface area contributed by atoms with Gasteiger partial charge >= 0.3 is 11.6 Å². The van der Waals surface area contributed by atoms with E-state index in [-0.39, 0.29) is 11.7 Å². The molecule has 0 aliphatic carbocycles. The van der Waals surface area contributed by atoms with Gasteiger partial charge in [-0.1, -0.05) is 0 Å². The van der Waals surface area contributed by atoms with Crippen LogP contribution >= 0.6 is 0 Å². The van der Waals surface area contributed by atoms with E-state index >= 15 is 0 Å².